The van der Waals surface area contributed by atoms with E-state index in [1.165, 1.54) is 0 Å². The number of nitrogens with one attached hydrogen (secondary N) is 1. The zero-order valence-electron chi connectivity index (χ0n) is 13.1. The molecule has 0 saturated carbocycles. The number of pyridine rings is 1. The van der Waals surface area contributed by atoms with Crippen molar-refractivity contribution >= 4 is 11.7 Å². The van der Waals surface area contributed by atoms with E-state index in [0.717, 1.165) is 30.8 Å². The van der Waals surface area contributed by atoms with E-state index in [1.54, 1.807) is 36.5 Å². The van der Waals surface area contributed by atoms with Gasteiger partial charge in [-0.25, -0.2) is 4.98 Å². The Hall–Kier alpha value is -2.40. The second kappa shape index (κ2) is 7.24. The quantitative estimate of drug-likeness (QED) is 0.921. The molecule has 1 amide bonds. The summed E-state index contributed by atoms with van der Waals surface area (Å²) in [5.41, 5.74) is 1.62. The Labute approximate surface area is 135 Å². The van der Waals surface area contributed by atoms with E-state index in [-0.39, 0.29) is 12.0 Å². The van der Waals surface area contributed by atoms with Gasteiger partial charge in [-0.2, -0.15) is 0 Å². The number of carbonyl (C=O) groups excluding carboxylic acids is 1. The van der Waals surface area contributed by atoms with Gasteiger partial charge in [0.15, 0.2) is 0 Å². The third-order valence-corrected chi connectivity index (χ3v) is 3.73. The second-order valence-corrected chi connectivity index (χ2v) is 5.65. The first-order valence-electron chi connectivity index (χ1n) is 7.79. The maximum Gasteiger partial charge on any atom is 0.256 e. The molecule has 23 heavy (non-hydrogen) atoms. The molecule has 2 heterocycles. The summed E-state index contributed by atoms with van der Waals surface area (Å²) in [5.74, 6) is 1.09. The number of aromatic nitrogens is 1. The minimum atomic E-state index is -0.188. The van der Waals surface area contributed by atoms with Crippen LogP contribution in [0, 0.1) is 6.92 Å². The SMILES string of the molecule is Cc1ccc(NC(=O)c2ccc(OC[C@H]3CCCO3)cc2)nc1. The zero-order valence-corrected chi connectivity index (χ0v) is 13.1. The number of nitrogens with zero attached hydrogens (tertiary/aromatic N) is 1. The van der Waals surface area contributed by atoms with Gasteiger partial charge in [0.25, 0.3) is 5.91 Å². The van der Waals surface area contributed by atoms with Crippen LogP contribution >= 0.6 is 0 Å². The van der Waals surface area contributed by atoms with Gasteiger partial charge < -0.3 is 14.8 Å². The first-order chi connectivity index (χ1) is 11.2. The molecule has 0 bridgehead atoms. The first kappa shape index (κ1) is 15.5. The summed E-state index contributed by atoms with van der Waals surface area (Å²) in [5, 5.41) is 2.77. The maximum atomic E-state index is 12.2. The van der Waals surface area contributed by atoms with Crippen LogP contribution in [0.5, 0.6) is 5.75 Å². The monoisotopic (exact) mass is 312 g/mol. The lowest BCUT2D eigenvalue weighted by atomic mass is 10.2. The van der Waals surface area contributed by atoms with Crippen molar-refractivity contribution in [3.8, 4) is 5.75 Å². The lowest BCUT2D eigenvalue weighted by Gasteiger charge is -2.11. The second-order valence-electron chi connectivity index (χ2n) is 5.65. The molecule has 1 atom stereocenters. The highest BCUT2D eigenvalue weighted by Gasteiger charge is 2.16. The topological polar surface area (TPSA) is 60.5 Å². The van der Waals surface area contributed by atoms with Crippen molar-refractivity contribution < 1.29 is 14.3 Å². The summed E-state index contributed by atoms with van der Waals surface area (Å²) >= 11 is 0. The molecule has 1 aromatic carbocycles. The molecule has 1 aliphatic heterocycles. The standard InChI is InChI=1S/C18H20N2O3/c1-13-4-9-17(19-11-13)20-18(21)14-5-7-15(8-6-14)23-12-16-3-2-10-22-16/h4-9,11,16H,2-3,10,12H2,1H3,(H,19,20,21)/t16-/m1/s1. The Bertz CT molecular complexity index is 647. The third-order valence-electron chi connectivity index (χ3n) is 3.73. The van der Waals surface area contributed by atoms with Crippen LogP contribution in [0.3, 0.4) is 0 Å². The lowest BCUT2D eigenvalue weighted by molar-refractivity contribution is 0.0679. The van der Waals surface area contributed by atoms with Gasteiger partial charge >= 0.3 is 0 Å². The van der Waals surface area contributed by atoms with Gasteiger partial charge in [0.1, 0.15) is 18.2 Å². The highest BCUT2D eigenvalue weighted by Crippen LogP contribution is 2.17. The summed E-state index contributed by atoms with van der Waals surface area (Å²) in [6, 6.07) is 10.8. The third kappa shape index (κ3) is 4.29. The molecule has 120 valence electrons. The molecule has 0 radical (unpaired) electrons. The predicted octanol–water partition coefficient (Wildman–Crippen LogP) is 3.20. The number of amides is 1. The molecule has 0 spiro atoms. The molecule has 0 aliphatic carbocycles. The van der Waals surface area contributed by atoms with Gasteiger partial charge in [-0.3, -0.25) is 4.79 Å². The van der Waals surface area contributed by atoms with Crippen LogP contribution in [-0.2, 0) is 4.74 Å². The molecule has 1 aromatic heterocycles. The highest BCUT2D eigenvalue weighted by atomic mass is 16.5. The maximum absolute atomic E-state index is 12.2. The molecule has 5 nitrogen and oxygen atoms in total. The van der Waals surface area contributed by atoms with Crippen LogP contribution in [0.4, 0.5) is 5.82 Å². The number of hydrogen-bond donors (Lipinski definition) is 1. The largest absolute Gasteiger partial charge is 0.491 e. The average molecular weight is 312 g/mol. The van der Waals surface area contributed by atoms with E-state index < -0.39 is 0 Å². The van der Waals surface area contributed by atoms with Crippen LogP contribution in [0.15, 0.2) is 42.6 Å². The average Bonchev–Trinajstić information content (AvgIpc) is 3.09. The molecule has 1 N–H and O–H groups in total. The Morgan fingerprint density at radius 1 is 1.30 bits per heavy atom. The normalized spacial score (nSPS) is 17.0. The smallest absolute Gasteiger partial charge is 0.256 e. The molecular weight excluding hydrogens is 292 g/mol. The van der Waals surface area contributed by atoms with E-state index in [0.29, 0.717) is 18.0 Å². The summed E-state index contributed by atoms with van der Waals surface area (Å²) in [4.78, 5) is 16.3. The number of carbonyl (C=O) groups is 1. The Morgan fingerprint density at radius 3 is 2.78 bits per heavy atom. The molecule has 2 aromatic rings. The molecular formula is C18H20N2O3. The van der Waals surface area contributed by atoms with Crippen LogP contribution in [0.2, 0.25) is 0 Å². The number of rotatable bonds is 5. The fraction of sp³-hybridized carbons (Fsp3) is 0.333. The summed E-state index contributed by atoms with van der Waals surface area (Å²) in [6.45, 7) is 3.33. The molecule has 5 heteroatoms. The van der Waals surface area contributed by atoms with Crippen LogP contribution in [-0.4, -0.2) is 30.2 Å². The molecule has 3 rings (SSSR count). The number of ether oxygens (including phenoxy) is 2. The van der Waals surface area contributed by atoms with E-state index in [2.05, 4.69) is 10.3 Å². The van der Waals surface area contributed by atoms with Crippen LogP contribution in [0.25, 0.3) is 0 Å². The fourth-order valence-corrected chi connectivity index (χ4v) is 2.40. The summed E-state index contributed by atoms with van der Waals surface area (Å²) < 4.78 is 11.2. The van der Waals surface area contributed by atoms with Crippen molar-refractivity contribution in [1.82, 2.24) is 4.98 Å². The van der Waals surface area contributed by atoms with Gasteiger partial charge in [0.05, 0.1) is 6.10 Å². The van der Waals surface area contributed by atoms with E-state index in [4.69, 9.17) is 9.47 Å². The Balaban J connectivity index is 1.55. The van der Waals surface area contributed by atoms with E-state index >= 15 is 0 Å². The molecule has 1 saturated heterocycles. The van der Waals surface area contributed by atoms with E-state index in [1.807, 2.05) is 13.0 Å². The first-order valence-corrected chi connectivity index (χ1v) is 7.79. The summed E-state index contributed by atoms with van der Waals surface area (Å²) in [6.07, 6.45) is 4.05. The van der Waals surface area contributed by atoms with Crippen molar-refractivity contribution in [1.29, 1.82) is 0 Å². The fourth-order valence-electron chi connectivity index (χ4n) is 2.40. The number of anilines is 1. The summed E-state index contributed by atoms with van der Waals surface area (Å²) in [7, 11) is 0. The van der Waals surface area contributed by atoms with Crippen LogP contribution in [0.1, 0.15) is 28.8 Å². The van der Waals surface area contributed by atoms with Gasteiger partial charge in [0.2, 0.25) is 0 Å². The van der Waals surface area contributed by atoms with Crippen molar-refractivity contribution in [2.75, 3.05) is 18.5 Å². The zero-order chi connectivity index (χ0) is 16.1. The van der Waals surface area contributed by atoms with Gasteiger partial charge in [-0.05, 0) is 55.7 Å². The molecule has 1 aliphatic rings. The van der Waals surface area contributed by atoms with Crippen molar-refractivity contribution in [2.45, 2.75) is 25.9 Å². The molecule has 0 unspecified atom stereocenters. The van der Waals surface area contributed by atoms with Gasteiger partial charge in [0, 0.05) is 18.4 Å². The molecule has 1 fully saturated rings. The number of hydrogen-bond acceptors (Lipinski definition) is 4. The minimum absolute atomic E-state index is 0.186. The lowest BCUT2D eigenvalue weighted by Crippen LogP contribution is -2.16. The number of aryl methyl sites for hydroxylation is 1. The van der Waals surface area contributed by atoms with Crippen molar-refractivity contribution in [3.05, 3.63) is 53.7 Å². The van der Waals surface area contributed by atoms with Crippen LogP contribution < -0.4 is 10.1 Å². The Morgan fingerprint density at radius 2 is 2.13 bits per heavy atom. The Kier molecular flexibility index (Phi) is 4.88. The van der Waals surface area contributed by atoms with Crippen molar-refractivity contribution in [3.63, 3.8) is 0 Å². The van der Waals surface area contributed by atoms with Crippen molar-refractivity contribution in [2.24, 2.45) is 0 Å². The van der Waals surface area contributed by atoms with E-state index in [9.17, 15) is 4.79 Å². The predicted molar refractivity (Wildman–Crippen MR) is 87.8 cm³/mol. The number of benzene rings is 1. The minimum Gasteiger partial charge on any atom is -0.491 e. The highest BCUT2D eigenvalue weighted by molar-refractivity contribution is 6.03. The van der Waals surface area contributed by atoms with Gasteiger partial charge in [-0.1, -0.05) is 6.07 Å². The van der Waals surface area contributed by atoms with Gasteiger partial charge in [-0.15, -0.1) is 0 Å².